The molecule has 0 rings (SSSR count). The molecule has 0 aliphatic heterocycles. The van der Waals surface area contributed by atoms with E-state index >= 15 is 0 Å². The normalized spacial score (nSPS) is 13.5. The predicted molar refractivity (Wildman–Crippen MR) is 49.0 cm³/mol. The molecule has 0 aliphatic carbocycles. The van der Waals surface area contributed by atoms with Crippen molar-refractivity contribution in [1.82, 2.24) is 0 Å². The van der Waals surface area contributed by atoms with E-state index in [0.29, 0.717) is 6.42 Å². The Hall–Kier alpha value is 0.308. The fraction of sp³-hybridized carbons (Fsp3) is 0.714. The van der Waals surface area contributed by atoms with Gasteiger partial charge in [0.25, 0.3) is 0 Å². The van der Waals surface area contributed by atoms with Crippen LogP contribution in [0, 0.1) is 0 Å². The Bertz CT molecular complexity index is 197. The molecule has 0 radical (unpaired) electrons. The van der Waals surface area contributed by atoms with Crippen molar-refractivity contribution in [1.29, 1.82) is 0 Å². The quantitative estimate of drug-likeness (QED) is 0.580. The maximum atomic E-state index is 10.5. The van der Waals surface area contributed by atoms with Gasteiger partial charge in [0.2, 0.25) is 0 Å². The fourth-order valence-corrected chi connectivity index (χ4v) is 2.62. The third kappa shape index (κ3) is 8.41. The van der Waals surface area contributed by atoms with Crippen molar-refractivity contribution < 1.29 is 11.9 Å². The number of rotatable bonds is 5. The van der Waals surface area contributed by atoms with Crippen LogP contribution in [0.25, 0.3) is 0 Å². The maximum absolute atomic E-state index is 10.5. The third-order valence-corrected chi connectivity index (χ3v) is 3.32. The van der Waals surface area contributed by atoms with Crippen molar-refractivity contribution in [2.75, 3.05) is 0 Å². The topological polar surface area (TPSA) is 57.5 Å². The summed E-state index contributed by atoms with van der Waals surface area (Å²) >= 11 is 0.952. The van der Waals surface area contributed by atoms with Crippen LogP contribution in [0.2, 0.25) is 0 Å². The van der Waals surface area contributed by atoms with Gasteiger partial charge in [-0.2, -0.15) is 0 Å². The van der Waals surface area contributed by atoms with Crippen LogP contribution < -0.4 is 0 Å². The molecule has 0 atom stereocenters. The molecule has 0 saturated carbocycles. The van der Waals surface area contributed by atoms with Crippen molar-refractivity contribution in [2.24, 2.45) is 0 Å². The Morgan fingerprint density at radius 3 is 2.50 bits per heavy atom. The summed E-state index contributed by atoms with van der Waals surface area (Å²) in [6.07, 6.45) is 3.58. The molecule has 72 valence electrons. The summed E-state index contributed by atoms with van der Waals surface area (Å²) in [5.41, 5.74) is 0. The minimum atomic E-state index is -4.63. The second-order valence-electron chi connectivity index (χ2n) is 2.62. The van der Waals surface area contributed by atoms with Gasteiger partial charge in [0.05, 0.1) is 0 Å². The van der Waals surface area contributed by atoms with Gasteiger partial charge < -0.3 is 0 Å². The molecule has 0 aromatic carbocycles. The Balaban J connectivity index is 3.79. The van der Waals surface area contributed by atoms with E-state index in [1.807, 2.05) is 0 Å². The molecular weight excluding hydrogens is 242 g/mol. The Morgan fingerprint density at radius 1 is 1.50 bits per heavy atom. The van der Waals surface area contributed by atoms with Gasteiger partial charge in [0.1, 0.15) is 0 Å². The molecule has 0 aromatic rings. The van der Waals surface area contributed by atoms with Crippen LogP contribution >= 0.6 is 11.6 Å². The first-order valence-electron chi connectivity index (χ1n) is 3.88. The molecule has 0 aliphatic rings. The summed E-state index contributed by atoms with van der Waals surface area (Å²) in [4.78, 5) is 0.884. The van der Waals surface area contributed by atoms with Gasteiger partial charge in [-0.05, 0) is 0 Å². The molecule has 5 heteroatoms. The monoisotopic (exact) mass is 256 g/mol. The molecule has 0 saturated heterocycles. The van der Waals surface area contributed by atoms with Gasteiger partial charge in [-0.3, -0.25) is 0 Å². The van der Waals surface area contributed by atoms with E-state index in [1.165, 1.54) is 0 Å². The molecule has 0 heterocycles. The third-order valence-electron chi connectivity index (χ3n) is 1.33. The molecule has 0 aromatic heterocycles. The van der Waals surface area contributed by atoms with E-state index in [2.05, 4.69) is 6.92 Å². The van der Waals surface area contributed by atoms with E-state index in [1.54, 1.807) is 0 Å². The van der Waals surface area contributed by atoms with Crippen molar-refractivity contribution in [3.05, 3.63) is 9.90 Å². The number of halogens is 1. The molecule has 0 spiro atoms. The molecule has 0 fully saturated rings. The summed E-state index contributed by atoms with van der Waals surface area (Å²) < 4.78 is 27.6. The van der Waals surface area contributed by atoms with E-state index in [0.717, 1.165) is 24.1 Å². The summed E-state index contributed by atoms with van der Waals surface area (Å²) in [7, 11) is 0. The summed E-state index contributed by atoms with van der Waals surface area (Å²) in [6.45, 7) is 2.06. The number of hydrogen-bond donors (Lipinski definition) is 2. The van der Waals surface area contributed by atoms with Gasteiger partial charge in [0.15, 0.2) is 0 Å². The average molecular weight is 257 g/mol. The standard InChI is InChI=1S/C7H14AsClO3/c1-2-3-4-5-7(9)6-8(10,11)12/h6H,2-5H2,1H3,(H2,10,11,12)/b7-6-. The van der Waals surface area contributed by atoms with Crippen molar-refractivity contribution in [3.63, 3.8) is 0 Å². The van der Waals surface area contributed by atoms with Crippen LogP contribution in [-0.4, -0.2) is 22.4 Å². The van der Waals surface area contributed by atoms with E-state index < -0.39 is 14.2 Å². The number of hydrogen-bond acceptors (Lipinski definition) is 1. The second-order valence-corrected chi connectivity index (χ2v) is 6.12. The molecule has 0 amide bonds. The average Bonchev–Trinajstić information content (AvgIpc) is 1.84. The second kappa shape index (κ2) is 5.87. The van der Waals surface area contributed by atoms with E-state index in [9.17, 15) is 3.74 Å². The Kier molecular flexibility index (Phi) is 6.02. The van der Waals surface area contributed by atoms with Crippen LogP contribution in [0.4, 0.5) is 0 Å². The number of allylic oxidation sites excluding steroid dienone is 1. The van der Waals surface area contributed by atoms with E-state index in [-0.39, 0.29) is 5.03 Å². The van der Waals surface area contributed by atoms with Crippen LogP contribution in [0.15, 0.2) is 9.90 Å². The predicted octanol–water partition coefficient (Wildman–Crippen LogP) is 1.58. The Morgan fingerprint density at radius 2 is 2.08 bits per heavy atom. The van der Waals surface area contributed by atoms with E-state index in [4.69, 9.17) is 19.8 Å². The first kappa shape index (κ1) is 12.3. The van der Waals surface area contributed by atoms with Crippen LogP contribution in [0.5, 0.6) is 0 Å². The zero-order chi connectivity index (χ0) is 9.61. The van der Waals surface area contributed by atoms with Gasteiger partial charge in [0, 0.05) is 0 Å². The number of unbranched alkanes of at least 4 members (excludes halogenated alkanes) is 2. The van der Waals surface area contributed by atoms with Crippen molar-refractivity contribution >= 4 is 25.8 Å². The SMILES string of the molecule is CCCCC/C(Cl)=C/[As](=O)(O)O. The van der Waals surface area contributed by atoms with Crippen molar-refractivity contribution in [3.8, 4) is 0 Å². The summed E-state index contributed by atoms with van der Waals surface area (Å²) in [5.74, 6) is 0. The molecular formula is C7H14AsClO3. The van der Waals surface area contributed by atoms with Gasteiger partial charge >= 0.3 is 80.2 Å². The van der Waals surface area contributed by atoms with Crippen LogP contribution in [0.1, 0.15) is 32.6 Å². The summed E-state index contributed by atoms with van der Waals surface area (Å²) in [5, 5.41) is 0.288. The van der Waals surface area contributed by atoms with Crippen molar-refractivity contribution in [2.45, 2.75) is 32.6 Å². The van der Waals surface area contributed by atoms with Crippen LogP contribution in [-0.2, 0) is 3.74 Å². The molecule has 3 nitrogen and oxygen atoms in total. The fourth-order valence-electron chi connectivity index (χ4n) is 0.791. The zero-order valence-corrected chi connectivity index (χ0v) is 9.67. The van der Waals surface area contributed by atoms with Crippen LogP contribution in [0.3, 0.4) is 0 Å². The molecule has 0 unspecified atom stereocenters. The molecule has 12 heavy (non-hydrogen) atoms. The summed E-state index contributed by atoms with van der Waals surface area (Å²) in [6, 6.07) is 0. The Labute approximate surface area is 80.4 Å². The van der Waals surface area contributed by atoms with Gasteiger partial charge in [-0.25, -0.2) is 0 Å². The molecule has 2 N–H and O–H groups in total. The first-order chi connectivity index (χ1) is 5.45. The van der Waals surface area contributed by atoms with Gasteiger partial charge in [-0.1, -0.05) is 0 Å². The molecule has 0 bridgehead atoms. The van der Waals surface area contributed by atoms with Gasteiger partial charge in [-0.15, -0.1) is 0 Å². The minimum absolute atomic E-state index is 0.288. The first-order valence-corrected chi connectivity index (χ1v) is 7.79. The zero-order valence-electron chi connectivity index (χ0n) is 7.03.